The number of amides is 1. The van der Waals surface area contributed by atoms with Crippen LogP contribution in [0, 0.1) is 0 Å². The number of rotatable bonds is 10. The number of carbonyl (C=O) groups excluding carboxylic acids is 2. The Labute approximate surface area is 196 Å². The van der Waals surface area contributed by atoms with Crippen molar-refractivity contribution in [2.45, 2.75) is 49.1 Å². The molecule has 0 radical (unpaired) electrons. The summed E-state index contributed by atoms with van der Waals surface area (Å²) >= 11 is 3.46. The van der Waals surface area contributed by atoms with E-state index in [1.165, 1.54) is 4.90 Å². The molecule has 2 fully saturated rings. The van der Waals surface area contributed by atoms with E-state index in [0.29, 0.717) is 19.6 Å². The van der Waals surface area contributed by atoms with Crippen LogP contribution in [0.1, 0.15) is 25.8 Å². The molecule has 2 aliphatic rings. The van der Waals surface area contributed by atoms with Crippen molar-refractivity contribution in [1.29, 1.82) is 0 Å². The first-order valence-corrected chi connectivity index (χ1v) is 12.7. The van der Waals surface area contributed by atoms with E-state index >= 15 is 0 Å². The first-order valence-electron chi connectivity index (χ1n) is 10.7. The Balaban J connectivity index is 1.63. The predicted molar refractivity (Wildman–Crippen MR) is 125 cm³/mol. The van der Waals surface area contributed by atoms with Gasteiger partial charge in [0.2, 0.25) is 5.91 Å². The summed E-state index contributed by atoms with van der Waals surface area (Å²) in [6.45, 7) is 4.31. The second-order valence-corrected chi connectivity index (χ2v) is 11.0. The lowest BCUT2D eigenvalue weighted by molar-refractivity contribution is -0.151. The van der Waals surface area contributed by atoms with Crippen molar-refractivity contribution in [3.63, 3.8) is 0 Å². The van der Waals surface area contributed by atoms with E-state index in [0.717, 1.165) is 17.1 Å². The van der Waals surface area contributed by atoms with Crippen LogP contribution in [0.15, 0.2) is 30.3 Å². The highest BCUT2D eigenvalue weighted by molar-refractivity contribution is 8.21. The van der Waals surface area contributed by atoms with Crippen molar-refractivity contribution in [3.05, 3.63) is 35.9 Å². The molecule has 0 bridgehead atoms. The molecule has 0 aromatic heterocycles. The smallest absolute Gasteiger partial charge is 0.326 e. The first-order chi connectivity index (χ1) is 15.3. The lowest BCUT2D eigenvalue weighted by Crippen LogP contribution is -2.54. The zero-order valence-electron chi connectivity index (χ0n) is 18.3. The highest BCUT2D eigenvalue weighted by atomic mass is 32.2. The molecule has 0 unspecified atom stereocenters. The minimum absolute atomic E-state index is 0.0311. The number of nitrogens with zero attached hydrogens (tertiary/aromatic N) is 1. The lowest BCUT2D eigenvalue weighted by Gasteiger charge is -2.28. The van der Waals surface area contributed by atoms with Crippen LogP contribution in [0.2, 0.25) is 0 Å². The fourth-order valence-electron chi connectivity index (χ4n) is 3.92. The standard InChI is InChI=1S/C22H30N2O6S2/c1-3-30-21(28)17(13-29-12-16-7-5-4-6-8-16)23-15(2)19(25)24-14-22(31-9-10-32-22)11-18(24)20(26)27/h4-8,15,17-18,23H,3,9-14H2,1-2H3,(H,26,27)/t15-,17-,18-/m0/s1. The number of esters is 1. The van der Waals surface area contributed by atoms with Crippen LogP contribution in [-0.4, -0.2) is 81.3 Å². The third-order valence-corrected chi connectivity index (χ3v) is 8.89. The van der Waals surface area contributed by atoms with Crippen LogP contribution in [0.4, 0.5) is 0 Å². The zero-order valence-corrected chi connectivity index (χ0v) is 20.0. The number of hydrogen-bond donors (Lipinski definition) is 2. The number of carbonyl (C=O) groups is 3. The highest BCUT2D eigenvalue weighted by Gasteiger charge is 2.52. The number of benzene rings is 1. The maximum atomic E-state index is 13.2. The lowest BCUT2D eigenvalue weighted by atomic mass is 10.2. The van der Waals surface area contributed by atoms with Gasteiger partial charge in [-0.3, -0.25) is 14.9 Å². The van der Waals surface area contributed by atoms with Gasteiger partial charge < -0.3 is 19.5 Å². The van der Waals surface area contributed by atoms with E-state index in [1.807, 2.05) is 30.3 Å². The van der Waals surface area contributed by atoms with Crippen LogP contribution in [0.5, 0.6) is 0 Å². The molecular weight excluding hydrogens is 452 g/mol. The van der Waals surface area contributed by atoms with E-state index in [-0.39, 0.29) is 23.2 Å². The first kappa shape index (κ1) is 24.9. The number of hydrogen-bond acceptors (Lipinski definition) is 8. The quantitative estimate of drug-likeness (QED) is 0.484. The van der Waals surface area contributed by atoms with Gasteiger partial charge in [0.1, 0.15) is 12.1 Å². The van der Waals surface area contributed by atoms with Gasteiger partial charge >= 0.3 is 11.9 Å². The molecule has 3 atom stereocenters. The molecule has 1 aromatic carbocycles. The number of aliphatic carboxylic acids is 1. The average molecular weight is 483 g/mol. The second kappa shape index (κ2) is 11.4. The number of nitrogens with one attached hydrogen (secondary N) is 1. The number of ether oxygens (including phenoxy) is 2. The Morgan fingerprint density at radius 1 is 1.25 bits per heavy atom. The van der Waals surface area contributed by atoms with Crippen LogP contribution in [0.3, 0.4) is 0 Å². The molecule has 10 heteroatoms. The molecule has 0 aliphatic carbocycles. The average Bonchev–Trinajstić information content (AvgIpc) is 3.40. The summed E-state index contributed by atoms with van der Waals surface area (Å²) in [5.41, 5.74) is 0.970. The summed E-state index contributed by atoms with van der Waals surface area (Å²) in [4.78, 5) is 38.9. The monoisotopic (exact) mass is 482 g/mol. The molecule has 2 N–H and O–H groups in total. The molecule has 3 rings (SSSR count). The SMILES string of the molecule is CCOC(=O)[C@H](COCc1ccccc1)N[C@@H](C)C(=O)N1CC2(C[C@H]1C(=O)O)SCCS2. The van der Waals surface area contributed by atoms with Crippen molar-refractivity contribution in [3.8, 4) is 0 Å². The largest absolute Gasteiger partial charge is 0.480 e. The van der Waals surface area contributed by atoms with Gasteiger partial charge in [-0.2, -0.15) is 0 Å². The van der Waals surface area contributed by atoms with Gasteiger partial charge in [0, 0.05) is 24.5 Å². The van der Waals surface area contributed by atoms with Gasteiger partial charge in [0.05, 0.1) is 29.9 Å². The molecule has 2 saturated heterocycles. The van der Waals surface area contributed by atoms with Gasteiger partial charge in [-0.25, -0.2) is 4.79 Å². The van der Waals surface area contributed by atoms with Crippen LogP contribution in [-0.2, 0) is 30.5 Å². The summed E-state index contributed by atoms with van der Waals surface area (Å²) in [6, 6.07) is 7.10. The van der Waals surface area contributed by atoms with Crippen LogP contribution >= 0.6 is 23.5 Å². The number of carboxylic acids is 1. The topological polar surface area (TPSA) is 105 Å². The Morgan fingerprint density at radius 3 is 2.56 bits per heavy atom. The number of carboxylic acid groups (broad SMARTS) is 1. The maximum Gasteiger partial charge on any atom is 0.326 e. The van der Waals surface area contributed by atoms with E-state index in [4.69, 9.17) is 9.47 Å². The van der Waals surface area contributed by atoms with Gasteiger partial charge in [-0.05, 0) is 19.4 Å². The van der Waals surface area contributed by atoms with Crippen molar-refractivity contribution >= 4 is 41.4 Å². The molecule has 1 spiro atoms. The summed E-state index contributed by atoms with van der Waals surface area (Å²) in [7, 11) is 0. The molecule has 2 aliphatic heterocycles. The second-order valence-electron chi connectivity index (χ2n) is 7.83. The predicted octanol–water partition coefficient (Wildman–Crippen LogP) is 1.97. The summed E-state index contributed by atoms with van der Waals surface area (Å²) in [6.07, 6.45) is 0.428. The fraction of sp³-hybridized carbons (Fsp3) is 0.591. The van der Waals surface area contributed by atoms with Gasteiger partial charge in [-0.15, -0.1) is 23.5 Å². The normalized spacial score (nSPS) is 21.4. The van der Waals surface area contributed by atoms with Crippen molar-refractivity contribution in [2.24, 2.45) is 0 Å². The van der Waals surface area contributed by atoms with E-state index in [2.05, 4.69) is 5.32 Å². The summed E-state index contributed by atoms with van der Waals surface area (Å²) in [5, 5.41) is 12.7. The van der Waals surface area contributed by atoms with Crippen molar-refractivity contribution < 1.29 is 29.0 Å². The Hall–Kier alpha value is -1.75. The third kappa shape index (κ3) is 6.18. The minimum Gasteiger partial charge on any atom is -0.480 e. The van der Waals surface area contributed by atoms with E-state index in [9.17, 15) is 19.5 Å². The maximum absolute atomic E-state index is 13.2. The zero-order chi connectivity index (χ0) is 23.1. The molecule has 0 saturated carbocycles. The van der Waals surface area contributed by atoms with Crippen molar-refractivity contribution in [2.75, 3.05) is 31.3 Å². The highest BCUT2D eigenvalue weighted by Crippen LogP contribution is 2.51. The number of thioether (sulfide) groups is 2. The molecule has 8 nitrogen and oxygen atoms in total. The van der Waals surface area contributed by atoms with E-state index < -0.39 is 30.1 Å². The van der Waals surface area contributed by atoms with Gasteiger partial charge in [-0.1, -0.05) is 30.3 Å². The van der Waals surface area contributed by atoms with Crippen molar-refractivity contribution in [1.82, 2.24) is 10.2 Å². The Bertz CT molecular complexity index is 803. The fourth-order valence-corrected chi connectivity index (χ4v) is 7.17. The molecular formula is C22H30N2O6S2. The Morgan fingerprint density at radius 2 is 1.94 bits per heavy atom. The Kier molecular flexibility index (Phi) is 8.87. The molecule has 176 valence electrons. The minimum atomic E-state index is -0.997. The molecule has 1 aromatic rings. The third-order valence-electron chi connectivity index (χ3n) is 5.46. The summed E-state index contributed by atoms with van der Waals surface area (Å²) in [5.74, 6) is 0.0748. The molecule has 32 heavy (non-hydrogen) atoms. The molecule has 2 heterocycles. The van der Waals surface area contributed by atoms with Gasteiger partial charge in [0.15, 0.2) is 0 Å². The van der Waals surface area contributed by atoms with Crippen LogP contribution < -0.4 is 5.32 Å². The van der Waals surface area contributed by atoms with E-state index in [1.54, 1.807) is 37.4 Å². The molecule has 1 amide bonds. The van der Waals surface area contributed by atoms with Crippen LogP contribution in [0.25, 0.3) is 0 Å². The number of likely N-dealkylation sites (tertiary alicyclic amines) is 1. The van der Waals surface area contributed by atoms with Gasteiger partial charge in [0.25, 0.3) is 0 Å². The summed E-state index contributed by atoms with van der Waals surface area (Å²) < 4.78 is 10.6.